The molecular weight excluding hydrogens is 138 g/mol. The Labute approximate surface area is 61.2 Å². The Morgan fingerprint density at radius 1 is 0.600 bits per heavy atom. The molecule has 0 aliphatic rings. The summed E-state index contributed by atoms with van der Waals surface area (Å²) in [5, 5.41) is 0. The number of halogens is 2. The maximum absolute atomic E-state index is 11.3. The van der Waals surface area contributed by atoms with Crippen molar-refractivity contribution in [2.45, 2.75) is 25.7 Å². The van der Waals surface area contributed by atoms with Crippen molar-refractivity contribution in [2.24, 2.45) is 0 Å². The quantitative estimate of drug-likeness (QED) is 0.601. The molecule has 0 bridgehead atoms. The molecule has 0 aromatic carbocycles. The van der Waals surface area contributed by atoms with Crippen LogP contribution in [-0.2, 0) is 0 Å². The molecule has 0 unspecified atom stereocenters. The minimum Gasteiger partial charge on any atom is -0.344 e. The van der Waals surface area contributed by atoms with Crippen LogP contribution in [0.5, 0.6) is 0 Å². The van der Waals surface area contributed by atoms with Crippen LogP contribution in [0, 0.1) is 0 Å². The van der Waals surface area contributed by atoms with E-state index < -0.39 is 0 Å². The monoisotopic (exact) mass is 156 g/mol. The van der Waals surface area contributed by atoms with Crippen LogP contribution in [0.3, 0.4) is 0 Å². The highest BCUT2D eigenvalue weighted by molar-refractivity contribution is 4.39. The van der Waals surface area contributed by atoms with Crippen LogP contribution in [0.15, 0.2) is 0 Å². The molecule has 0 rings (SSSR count). The van der Waals surface area contributed by atoms with Crippen molar-refractivity contribution < 1.29 is 8.78 Å². The molecular formula is C6H18F2N2. The van der Waals surface area contributed by atoms with Gasteiger partial charge in [-0.15, -0.1) is 0 Å². The van der Waals surface area contributed by atoms with Gasteiger partial charge < -0.3 is 12.3 Å². The van der Waals surface area contributed by atoms with Crippen LogP contribution in [0.4, 0.5) is 8.78 Å². The first-order chi connectivity index (χ1) is 3.91. The molecule has 0 amide bonds. The Kier molecular flexibility index (Phi) is 26.1. The van der Waals surface area contributed by atoms with E-state index in [4.69, 9.17) is 0 Å². The predicted molar refractivity (Wildman–Crippen MR) is 40.5 cm³/mol. The SMILES string of the molecule is FCCCCCCF.N.N. The van der Waals surface area contributed by atoms with Gasteiger partial charge in [0.25, 0.3) is 0 Å². The molecule has 0 radical (unpaired) electrons. The lowest BCUT2D eigenvalue weighted by Gasteiger charge is -1.91. The highest BCUT2D eigenvalue weighted by atomic mass is 19.1. The number of hydrogen-bond donors (Lipinski definition) is 2. The average molecular weight is 156 g/mol. The first kappa shape index (κ1) is 16.4. The molecule has 0 aliphatic heterocycles. The average Bonchev–Trinajstić information content (AvgIpc) is 1.81. The van der Waals surface area contributed by atoms with Crippen molar-refractivity contribution in [3.05, 3.63) is 0 Å². The molecule has 0 heterocycles. The Morgan fingerprint density at radius 2 is 0.900 bits per heavy atom. The van der Waals surface area contributed by atoms with Crippen molar-refractivity contribution in [3.63, 3.8) is 0 Å². The third-order valence-corrected chi connectivity index (χ3v) is 1.02. The molecule has 6 N–H and O–H groups in total. The van der Waals surface area contributed by atoms with Crippen molar-refractivity contribution >= 4 is 0 Å². The molecule has 4 heteroatoms. The molecule has 0 aromatic rings. The standard InChI is InChI=1S/C6H12F2.2H3N/c7-5-3-1-2-4-6-8;;/h1-6H2;2*1H3. The van der Waals surface area contributed by atoms with E-state index in [2.05, 4.69) is 0 Å². The second-order valence-corrected chi connectivity index (χ2v) is 1.79. The van der Waals surface area contributed by atoms with Gasteiger partial charge in [-0.1, -0.05) is 12.8 Å². The van der Waals surface area contributed by atoms with Crippen LogP contribution in [-0.4, -0.2) is 13.3 Å². The van der Waals surface area contributed by atoms with Crippen LogP contribution < -0.4 is 12.3 Å². The van der Waals surface area contributed by atoms with E-state index in [0.29, 0.717) is 12.8 Å². The van der Waals surface area contributed by atoms with Gasteiger partial charge in [0, 0.05) is 0 Å². The second kappa shape index (κ2) is 15.9. The van der Waals surface area contributed by atoms with Gasteiger partial charge in [0.2, 0.25) is 0 Å². The molecule has 2 nitrogen and oxygen atoms in total. The van der Waals surface area contributed by atoms with Crippen LogP contribution >= 0.6 is 0 Å². The molecule has 0 spiro atoms. The van der Waals surface area contributed by atoms with Crippen molar-refractivity contribution in [1.82, 2.24) is 12.3 Å². The Morgan fingerprint density at radius 3 is 1.10 bits per heavy atom. The predicted octanol–water partition coefficient (Wildman–Crippen LogP) is 2.81. The fraction of sp³-hybridized carbons (Fsp3) is 1.00. The summed E-state index contributed by atoms with van der Waals surface area (Å²) < 4.78 is 22.7. The molecule has 0 saturated heterocycles. The lowest BCUT2D eigenvalue weighted by molar-refractivity contribution is 0.424. The molecule has 0 aromatic heterocycles. The van der Waals surface area contributed by atoms with Crippen molar-refractivity contribution in [3.8, 4) is 0 Å². The topological polar surface area (TPSA) is 70.0 Å². The van der Waals surface area contributed by atoms with Gasteiger partial charge in [-0.3, -0.25) is 8.78 Å². The molecule has 0 atom stereocenters. The van der Waals surface area contributed by atoms with Gasteiger partial charge in [-0.2, -0.15) is 0 Å². The lowest BCUT2D eigenvalue weighted by Crippen LogP contribution is -1.80. The van der Waals surface area contributed by atoms with E-state index in [9.17, 15) is 8.78 Å². The van der Waals surface area contributed by atoms with E-state index in [0.717, 1.165) is 12.8 Å². The van der Waals surface area contributed by atoms with Crippen LogP contribution in [0.1, 0.15) is 25.7 Å². The third-order valence-electron chi connectivity index (χ3n) is 1.02. The molecule has 10 heavy (non-hydrogen) atoms. The Bertz CT molecular complexity index is 38.7. The first-order valence-corrected chi connectivity index (χ1v) is 3.03. The first-order valence-electron chi connectivity index (χ1n) is 3.03. The molecule has 66 valence electrons. The van der Waals surface area contributed by atoms with Crippen molar-refractivity contribution in [2.75, 3.05) is 13.3 Å². The Balaban J connectivity index is -0.000000245. The largest absolute Gasteiger partial charge is 0.344 e. The number of alkyl halides is 2. The maximum Gasteiger partial charge on any atom is 0.0894 e. The summed E-state index contributed by atoms with van der Waals surface area (Å²) in [5.74, 6) is 0. The van der Waals surface area contributed by atoms with E-state index in [1.165, 1.54) is 0 Å². The summed E-state index contributed by atoms with van der Waals surface area (Å²) in [6.07, 6.45) is 2.86. The van der Waals surface area contributed by atoms with Gasteiger partial charge in [0.1, 0.15) is 0 Å². The maximum atomic E-state index is 11.3. The van der Waals surface area contributed by atoms with E-state index in [-0.39, 0.29) is 25.7 Å². The summed E-state index contributed by atoms with van der Waals surface area (Å²) in [5.41, 5.74) is 0. The number of rotatable bonds is 5. The number of unbranched alkanes of at least 4 members (excludes halogenated alkanes) is 3. The zero-order valence-electron chi connectivity index (χ0n) is 6.41. The van der Waals surface area contributed by atoms with E-state index in [1.54, 1.807) is 0 Å². The second-order valence-electron chi connectivity index (χ2n) is 1.79. The summed E-state index contributed by atoms with van der Waals surface area (Å²) >= 11 is 0. The zero-order valence-corrected chi connectivity index (χ0v) is 6.41. The van der Waals surface area contributed by atoms with Gasteiger partial charge in [-0.25, -0.2) is 0 Å². The summed E-state index contributed by atoms with van der Waals surface area (Å²) in [4.78, 5) is 0. The van der Waals surface area contributed by atoms with E-state index >= 15 is 0 Å². The minimum atomic E-state index is -0.258. The van der Waals surface area contributed by atoms with Gasteiger partial charge in [0.15, 0.2) is 0 Å². The van der Waals surface area contributed by atoms with E-state index in [1.807, 2.05) is 0 Å². The minimum absolute atomic E-state index is 0. The smallest absolute Gasteiger partial charge is 0.0894 e. The summed E-state index contributed by atoms with van der Waals surface area (Å²) in [6.45, 7) is -0.515. The highest BCUT2D eigenvalue weighted by Gasteiger charge is 1.86. The van der Waals surface area contributed by atoms with Crippen molar-refractivity contribution in [1.29, 1.82) is 0 Å². The fourth-order valence-electron chi connectivity index (χ4n) is 0.543. The molecule has 0 aliphatic carbocycles. The summed E-state index contributed by atoms with van der Waals surface area (Å²) in [6, 6.07) is 0. The lowest BCUT2D eigenvalue weighted by atomic mass is 10.2. The highest BCUT2D eigenvalue weighted by Crippen LogP contribution is 1.99. The zero-order chi connectivity index (χ0) is 6.24. The third kappa shape index (κ3) is 15.7. The Hall–Kier alpha value is -0.220. The van der Waals surface area contributed by atoms with Crippen LogP contribution in [0.25, 0.3) is 0 Å². The fourth-order valence-corrected chi connectivity index (χ4v) is 0.543. The molecule has 0 saturated carbocycles. The normalized spacial score (nSPS) is 7.80. The van der Waals surface area contributed by atoms with Gasteiger partial charge in [-0.05, 0) is 12.8 Å². The summed E-state index contributed by atoms with van der Waals surface area (Å²) in [7, 11) is 0. The molecule has 0 fully saturated rings. The van der Waals surface area contributed by atoms with Crippen LogP contribution in [0.2, 0.25) is 0 Å². The number of hydrogen-bond acceptors (Lipinski definition) is 2. The van der Waals surface area contributed by atoms with Gasteiger partial charge in [0.05, 0.1) is 13.3 Å². The van der Waals surface area contributed by atoms with Gasteiger partial charge >= 0.3 is 0 Å².